The van der Waals surface area contributed by atoms with Crippen LogP contribution in [0.1, 0.15) is 66.2 Å². The van der Waals surface area contributed by atoms with E-state index in [0.717, 1.165) is 27.3 Å². The first kappa shape index (κ1) is 31.2. The maximum atomic E-state index is 8.21. The van der Waals surface area contributed by atoms with Crippen LogP contribution in [0.25, 0.3) is 16.9 Å². The monoisotopic (exact) mass is 574 g/mol. The summed E-state index contributed by atoms with van der Waals surface area (Å²) in [5, 5.41) is 0. The third-order valence-corrected chi connectivity index (χ3v) is 8.16. The van der Waals surface area contributed by atoms with Gasteiger partial charge in [0.25, 0.3) is 0 Å². The molecule has 0 saturated heterocycles. The van der Waals surface area contributed by atoms with Gasteiger partial charge in [-0.3, -0.25) is 6.08 Å². The first-order chi connectivity index (χ1) is 16.7. The third kappa shape index (κ3) is 8.78. The summed E-state index contributed by atoms with van der Waals surface area (Å²) in [7, 11) is 0.750. The van der Waals surface area contributed by atoms with Gasteiger partial charge in [0, 0.05) is 9.52 Å². The van der Waals surface area contributed by atoms with Crippen molar-refractivity contribution >= 4 is 9.52 Å². The molecule has 4 saturated carbocycles. The number of nitrogens with one attached hydrogen (secondary N) is 1. The summed E-state index contributed by atoms with van der Waals surface area (Å²) in [6.45, 7) is 13.1. The van der Waals surface area contributed by atoms with Crippen molar-refractivity contribution in [2.75, 3.05) is 0 Å². The Morgan fingerprint density at radius 1 is 0.750 bits per heavy atom. The molecule has 2 aromatic carbocycles. The van der Waals surface area contributed by atoms with E-state index in [1.54, 1.807) is 0 Å². The third-order valence-electron chi connectivity index (χ3n) is 8.16. The van der Waals surface area contributed by atoms with Crippen LogP contribution in [0.3, 0.4) is 0 Å². The van der Waals surface area contributed by atoms with Crippen LogP contribution in [-0.2, 0) is 26.2 Å². The van der Waals surface area contributed by atoms with Gasteiger partial charge in [0.2, 0.25) is 0 Å². The molecule has 2 aromatic rings. The molecule has 0 heterocycles. The standard InChI is InChI=1S/C12H10.C10H16N.C9H13.C2H7Si.Zr/c1-3-7-11(8-4-1)12-9-5-2-6-10-12;11-10-4-7-1-8(5-10)3-9(2-7)6-10;1-6-5-7(2)9(4)8(6)3;1-3-2;/h1-10H;7-9,11H,1-6H2;6H,1-4H3;3H,1-2H3;/q;2*-1;;+2. The van der Waals surface area contributed by atoms with E-state index in [2.05, 4.69) is 95.4 Å². The molecule has 1 nitrogen and oxygen atoms in total. The molecule has 1 atom stereocenters. The van der Waals surface area contributed by atoms with Gasteiger partial charge in [0.1, 0.15) is 0 Å². The van der Waals surface area contributed by atoms with Crippen molar-refractivity contribution in [2.45, 2.75) is 84.9 Å². The van der Waals surface area contributed by atoms with E-state index in [0.29, 0.717) is 5.92 Å². The van der Waals surface area contributed by atoms with E-state index in [1.165, 1.54) is 66.4 Å². The van der Waals surface area contributed by atoms with Crippen molar-refractivity contribution < 1.29 is 26.2 Å². The van der Waals surface area contributed by atoms with Crippen LogP contribution < -0.4 is 0 Å². The molecule has 1 radical (unpaired) electrons. The summed E-state index contributed by atoms with van der Waals surface area (Å²) in [6.07, 6.45) is 11.5. The average molecular weight is 576 g/mol. The van der Waals surface area contributed by atoms with Crippen LogP contribution in [0.15, 0.2) is 77.4 Å². The average Bonchev–Trinajstić information content (AvgIpc) is 3.05. The van der Waals surface area contributed by atoms with Gasteiger partial charge in [-0.05, 0) is 48.1 Å². The Labute approximate surface area is 243 Å². The van der Waals surface area contributed by atoms with Gasteiger partial charge < -0.3 is 5.73 Å². The quantitative estimate of drug-likeness (QED) is 0.239. The van der Waals surface area contributed by atoms with Gasteiger partial charge in [-0.2, -0.15) is 11.1 Å². The van der Waals surface area contributed by atoms with Crippen molar-refractivity contribution in [3.63, 3.8) is 0 Å². The normalized spacial score (nSPS) is 28.9. The van der Waals surface area contributed by atoms with Crippen molar-refractivity contribution in [3.8, 4) is 11.1 Å². The molecule has 0 amide bonds. The summed E-state index contributed by atoms with van der Waals surface area (Å²) < 4.78 is 0. The topological polar surface area (TPSA) is 23.8 Å². The maximum Gasteiger partial charge on any atom is 2.00 e. The molecule has 0 aromatic heterocycles. The van der Waals surface area contributed by atoms with E-state index >= 15 is 0 Å². The smallest absolute Gasteiger partial charge is 0.672 e. The molecule has 36 heavy (non-hydrogen) atoms. The zero-order valence-electron chi connectivity index (χ0n) is 23.4. The molecule has 1 unspecified atom stereocenters. The number of rotatable bonds is 1. The summed E-state index contributed by atoms with van der Waals surface area (Å²) in [5.74, 6) is 3.43. The number of benzene rings is 2. The van der Waals surface area contributed by atoms with Crippen molar-refractivity contribution in [1.29, 1.82) is 0 Å². The Kier molecular flexibility index (Phi) is 12.8. The SMILES string of the molecule is CC1=[C-]C(C)C(C)=C1C.C[SiH]C.[NH-]C12CC3CC(CC(C3)C1)C2.[Zr+2].c1ccc(-c2ccccc2)cc1. The van der Waals surface area contributed by atoms with Crippen molar-refractivity contribution in [2.24, 2.45) is 23.7 Å². The van der Waals surface area contributed by atoms with E-state index < -0.39 is 0 Å². The molecule has 0 spiro atoms. The first-order valence-electron chi connectivity index (χ1n) is 13.6. The minimum Gasteiger partial charge on any atom is -0.672 e. The Morgan fingerprint density at radius 3 is 1.33 bits per heavy atom. The van der Waals surface area contributed by atoms with Crippen molar-refractivity contribution in [3.05, 3.63) is 89.2 Å². The molecular weight excluding hydrogens is 530 g/mol. The van der Waals surface area contributed by atoms with Gasteiger partial charge in [0.05, 0.1) is 0 Å². The fraction of sp³-hybridized carbons (Fsp3) is 0.515. The van der Waals surface area contributed by atoms with Crippen LogP contribution >= 0.6 is 0 Å². The minimum atomic E-state index is 0. The van der Waals surface area contributed by atoms with Crippen LogP contribution in [0, 0.1) is 29.7 Å². The molecule has 191 valence electrons. The predicted octanol–water partition coefficient (Wildman–Crippen LogP) is 9.60. The largest absolute Gasteiger partial charge is 2.00 e. The predicted molar refractivity (Wildman–Crippen MR) is 156 cm³/mol. The molecule has 0 aliphatic heterocycles. The summed E-state index contributed by atoms with van der Waals surface area (Å²) in [5.41, 5.74) is 15.1. The summed E-state index contributed by atoms with van der Waals surface area (Å²) in [6, 6.07) is 20.8. The van der Waals surface area contributed by atoms with Crippen LogP contribution in [0.5, 0.6) is 0 Å². The number of hydrogen-bond acceptors (Lipinski definition) is 0. The van der Waals surface area contributed by atoms with Gasteiger partial charge >= 0.3 is 26.2 Å². The van der Waals surface area contributed by atoms with Gasteiger partial charge in [-0.1, -0.05) is 120 Å². The number of allylic oxidation sites excluding steroid dienone is 4. The fourth-order valence-electron chi connectivity index (χ4n) is 6.53. The van der Waals surface area contributed by atoms with Crippen LogP contribution in [-0.4, -0.2) is 15.1 Å². The molecule has 1 N–H and O–H groups in total. The number of hydrogen-bond donors (Lipinski definition) is 0. The first-order valence-corrected chi connectivity index (χ1v) is 15.9. The van der Waals surface area contributed by atoms with E-state index in [4.69, 9.17) is 5.73 Å². The Bertz CT molecular complexity index is 906. The molecule has 4 bridgehead atoms. The zero-order valence-corrected chi connectivity index (χ0v) is 27.0. The van der Waals surface area contributed by atoms with Gasteiger partial charge in [-0.15, -0.1) is 12.5 Å². The molecule has 5 aliphatic rings. The molecule has 5 aliphatic carbocycles. The second kappa shape index (κ2) is 14.8. The van der Waals surface area contributed by atoms with Crippen molar-refractivity contribution in [1.82, 2.24) is 0 Å². The Balaban J connectivity index is 0.000000180. The van der Waals surface area contributed by atoms with Gasteiger partial charge in [-0.25, -0.2) is 5.57 Å². The molecule has 3 heteroatoms. The Morgan fingerprint density at radius 2 is 1.11 bits per heavy atom. The van der Waals surface area contributed by atoms with E-state index in [1.807, 2.05) is 12.1 Å². The fourth-order valence-corrected chi connectivity index (χ4v) is 6.53. The van der Waals surface area contributed by atoms with Crippen LogP contribution in [0.2, 0.25) is 13.1 Å². The molecule has 4 fully saturated rings. The maximum absolute atomic E-state index is 8.21. The van der Waals surface area contributed by atoms with E-state index in [-0.39, 0.29) is 31.7 Å². The second-order valence-electron chi connectivity index (χ2n) is 11.3. The second-order valence-corrected chi connectivity index (χ2v) is 12.5. The molecule has 7 rings (SSSR count). The van der Waals surface area contributed by atoms with Gasteiger partial charge in [0.15, 0.2) is 0 Å². The van der Waals surface area contributed by atoms with Crippen LogP contribution in [0.4, 0.5) is 0 Å². The minimum absolute atomic E-state index is 0. The van der Waals surface area contributed by atoms with E-state index in [9.17, 15) is 0 Å². The summed E-state index contributed by atoms with van der Waals surface area (Å²) in [4.78, 5) is 0. The Hall–Kier alpha value is -1.02. The summed E-state index contributed by atoms with van der Waals surface area (Å²) >= 11 is 0. The molecular formula is C33H46NSiZr. The zero-order chi connectivity index (χ0) is 25.4.